The molecule has 0 aliphatic rings. The van der Waals surface area contributed by atoms with Crippen molar-refractivity contribution < 1.29 is 14.0 Å². The van der Waals surface area contributed by atoms with Gasteiger partial charge in [0.1, 0.15) is 0 Å². The fourth-order valence-electron chi connectivity index (χ4n) is 3.94. The molecule has 0 heterocycles. The van der Waals surface area contributed by atoms with Crippen molar-refractivity contribution >= 4 is 46.2 Å². The molecular weight excluding hydrogens is 480 g/mol. The topological polar surface area (TPSA) is 35.5 Å². The summed E-state index contributed by atoms with van der Waals surface area (Å²) in [5, 5.41) is 2.09. The molecule has 3 nitrogen and oxygen atoms in total. The van der Waals surface area contributed by atoms with Crippen molar-refractivity contribution in [3.05, 3.63) is 101 Å². The zero-order chi connectivity index (χ0) is 23.2. The van der Waals surface area contributed by atoms with Gasteiger partial charge in [0.05, 0.1) is 18.4 Å². The molecule has 0 spiro atoms. The van der Waals surface area contributed by atoms with Crippen LogP contribution in [0.25, 0.3) is 5.57 Å². The standard InChI is InChI=1S/C27H29BrO3Si/c1-5-30-26(29)25(21-13-12-14-22(28)19-21)20-31-32(27(2,3)4,23-15-8-6-9-16-23)24-17-10-7-11-18-24/h6-20H,5H2,1-4H3/b25-20+. The first kappa shape index (κ1) is 24.0. The van der Waals surface area contributed by atoms with Crippen molar-refractivity contribution in [2.75, 3.05) is 6.61 Å². The average Bonchev–Trinajstić information content (AvgIpc) is 2.77. The number of esters is 1. The second-order valence-corrected chi connectivity index (χ2v) is 13.7. The van der Waals surface area contributed by atoms with Crippen LogP contribution in [0.5, 0.6) is 0 Å². The van der Waals surface area contributed by atoms with Gasteiger partial charge >= 0.3 is 14.3 Å². The SMILES string of the molecule is CCOC(=O)/C(=C/O[Si](c1ccccc1)(c1ccccc1)C(C)(C)C)c1cccc(Br)c1. The van der Waals surface area contributed by atoms with Crippen LogP contribution in [0.15, 0.2) is 95.7 Å². The molecule has 0 aromatic heterocycles. The highest BCUT2D eigenvalue weighted by Crippen LogP contribution is 2.37. The van der Waals surface area contributed by atoms with Gasteiger partial charge in [-0.25, -0.2) is 4.79 Å². The van der Waals surface area contributed by atoms with Crippen LogP contribution in [-0.4, -0.2) is 20.9 Å². The van der Waals surface area contributed by atoms with Gasteiger partial charge in [0, 0.05) is 4.47 Å². The van der Waals surface area contributed by atoms with Crippen LogP contribution in [0, 0.1) is 0 Å². The molecule has 0 amide bonds. The number of carbonyl (C=O) groups excluding carboxylic acids is 1. The Balaban J connectivity index is 2.22. The Bertz CT molecular complexity index is 1030. The lowest BCUT2D eigenvalue weighted by Crippen LogP contribution is -2.65. The largest absolute Gasteiger partial charge is 0.539 e. The monoisotopic (exact) mass is 508 g/mol. The third-order valence-corrected chi connectivity index (χ3v) is 10.8. The Hall–Kier alpha value is -2.63. The molecule has 3 aromatic carbocycles. The fourth-order valence-corrected chi connectivity index (χ4v) is 8.65. The van der Waals surface area contributed by atoms with Crippen molar-refractivity contribution in [2.45, 2.75) is 32.7 Å². The second kappa shape index (κ2) is 10.3. The van der Waals surface area contributed by atoms with E-state index in [2.05, 4.69) is 61.0 Å². The van der Waals surface area contributed by atoms with E-state index in [0.29, 0.717) is 12.2 Å². The van der Waals surface area contributed by atoms with Gasteiger partial charge in [-0.05, 0) is 40.0 Å². The minimum atomic E-state index is -2.82. The summed E-state index contributed by atoms with van der Waals surface area (Å²) in [5.41, 5.74) is 1.15. The van der Waals surface area contributed by atoms with Crippen molar-refractivity contribution in [1.29, 1.82) is 0 Å². The molecule has 0 saturated heterocycles. The molecule has 5 heteroatoms. The molecule has 0 fully saturated rings. The van der Waals surface area contributed by atoms with E-state index in [0.717, 1.165) is 20.4 Å². The molecule has 0 unspecified atom stereocenters. The van der Waals surface area contributed by atoms with Crippen molar-refractivity contribution in [3.8, 4) is 0 Å². The molecule has 0 aliphatic heterocycles. The highest BCUT2D eigenvalue weighted by Gasteiger charge is 2.51. The van der Waals surface area contributed by atoms with Gasteiger partial charge in [0.25, 0.3) is 0 Å². The molecule has 0 saturated carbocycles. The quantitative estimate of drug-likeness (QED) is 0.171. The number of rotatable bonds is 7. The van der Waals surface area contributed by atoms with Crippen molar-refractivity contribution in [3.63, 3.8) is 0 Å². The van der Waals surface area contributed by atoms with Crippen LogP contribution in [0.3, 0.4) is 0 Å². The van der Waals surface area contributed by atoms with Crippen LogP contribution in [0.1, 0.15) is 33.3 Å². The highest BCUT2D eigenvalue weighted by molar-refractivity contribution is 9.10. The normalized spacial score (nSPS) is 12.3. The third-order valence-electron chi connectivity index (χ3n) is 5.40. The lowest BCUT2D eigenvalue weighted by molar-refractivity contribution is -0.136. The number of benzene rings is 3. The maximum atomic E-state index is 12.9. The van der Waals surface area contributed by atoms with E-state index in [9.17, 15) is 4.79 Å². The summed E-state index contributed by atoms with van der Waals surface area (Å²) in [6, 6.07) is 28.3. The highest BCUT2D eigenvalue weighted by atomic mass is 79.9. The van der Waals surface area contributed by atoms with Crippen molar-refractivity contribution in [1.82, 2.24) is 0 Å². The van der Waals surface area contributed by atoms with Gasteiger partial charge in [-0.3, -0.25) is 0 Å². The fraction of sp³-hybridized carbons (Fsp3) is 0.222. The first-order valence-corrected chi connectivity index (χ1v) is 13.4. The Morgan fingerprint density at radius 2 is 1.47 bits per heavy atom. The Morgan fingerprint density at radius 1 is 0.906 bits per heavy atom. The predicted molar refractivity (Wildman–Crippen MR) is 137 cm³/mol. The number of hydrogen-bond acceptors (Lipinski definition) is 3. The molecular formula is C27H29BrO3Si. The van der Waals surface area contributed by atoms with E-state index in [1.807, 2.05) is 60.7 Å². The van der Waals surface area contributed by atoms with Gasteiger partial charge < -0.3 is 9.16 Å². The molecule has 0 atom stereocenters. The van der Waals surface area contributed by atoms with E-state index >= 15 is 0 Å². The van der Waals surface area contributed by atoms with E-state index in [-0.39, 0.29) is 5.04 Å². The number of hydrogen-bond donors (Lipinski definition) is 0. The van der Waals surface area contributed by atoms with Crippen LogP contribution >= 0.6 is 15.9 Å². The van der Waals surface area contributed by atoms with Crippen LogP contribution in [0.2, 0.25) is 5.04 Å². The number of ether oxygens (including phenoxy) is 1. The summed E-state index contributed by atoms with van der Waals surface area (Å²) in [7, 11) is -2.82. The summed E-state index contributed by atoms with van der Waals surface area (Å²) in [4.78, 5) is 12.9. The van der Waals surface area contributed by atoms with Gasteiger partial charge in [0.15, 0.2) is 0 Å². The van der Waals surface area contributed by atoms with Crippen molar-refractivity contribution in [2.24, 2.45) is 0 Å². The lowest BCUT2D eigenvalue weighted by Gasteiger charge is -2.42. The Labute approximate surface area is 200 Å². The molecule has 0 bridgehead atoms. The third kappa shape index (κ3) is 5.05. The molecule has 3 aromatic rings. The predicted octanol–water partition coefficient (Wildman–Crippen LogP) is 5.93. The van der Waals surface area contributed by atoms with E-state index < -0.39 is 14.3 Å². The molecule has 0 N–H and O–H groups in total. The zero-order valence-corrected chi connectivity index (χ0v) is 21.6. The van der Waals surface area contributed by atoms with Crippen LogP contribution in [0.4, 0.5) is 0 Å². The van der Waals surface area contributed by atoms with Gasteiger partial charge in [0.2, 0.25) is 0 Å². The van der Waals surface area contributed by atoms with Gasteiger partial charge in [-0.1, -0.05) is 109 Å². The summed E-state index contributed by atoms with van der Waals surface area (Å²) >= 11 is 3.50. The summed E-state index contributed by atoms with van der Waals surface area (Å²) in [6.07, 6.45) is 1.62. The smallest absolute Gasteiger partial charge is 0.341 e. The minimum absolute atomic E-state index is 0.205. The van der Waals surface area contributed by atoms with Gasteiger partial charge in [-0.2, -0.15) is 0 Å². The lowest BCUT2D eigenvalue weighted by atomic mass is 10.1. The average molecular weight is 510 g/mol. The van der Waals surface area contributed by atoms with E-state index in [1.165, 1.54) is 0 Å². The van der Waals surface area contributed by atoms with Crippen LogP contribution in [-0.2, 0) is 14.0 Å². The molecule has 0 aliphatic carbocycles. The molecule has 166 valence electrons. The first-order valence-electron chi connectivity index (χ1n) is 10.7. The number of carbonyl (C=O) groups is 1. The minimum Gasteiger partial charge on any atom is -0.539 e. The summed E-state index contributed by atoms with van der Waals surface area (Å²) in [6.45, 7) is 8.71. The maximum absolute atomic E-state index is 12.9. The Kier molecular flexibility index (Phi) is 7.75. The van der Waals surface area contributed by atoms with E-state index in [1.54, 1.807) is 13.2 Å². The van der Waals surface area contributed by atoms with Crippen LogP contribution < -0.4 is 10.4 Å². The van der Waals surface area contributed by atoms with E-state index in [4.69, 9.17) is 9.16 Å². The van der Waals surface area contributed by atoms with Gasteiger partial charge in [-0.15, -0.1) is 0 Å². The zero-order valence-electron chi connectivity index (χ0n) is 19.0. The second-order valence-electron chi connectivity index (χ2n) is 8.54. The summed E-state index contributed by atoms with van der Waals surface area (Å²) in [5.74, 6) is -0.400. The summed E-state index contributed by atoms with van der Waals surface area (Å²) < 4.78 is 13.1. The Morgan fingerprint density at radius 3 is 1.94 bits per heavy atom. The molecule has 32 heavy (non-hydrogen) atoms. The number of halogens is 1. The molecule has 3 rings (SSSR count). The first-order chi connectivity index (χ1) is 15.3. The molecule has 0 radical (unpaired) electrons. The maximum Gasteiger partial charge on any atom is 0.341 e.